The molecule has 0 aromatic heterocycles. The number of hydrogen-bond acceptors (Lipinski definition) is 0. The Balaban J connectivity index is 2.44. The molecular weight excluding hydrogens is 396 g/mol. The zero-order valence-corrected chi connectivity index (χ0v) is 13.1. The molecular formula is C13H9Br3. The molecule has 2 aromatic rings. The molecule has 2 rings (SSSR count). The highest BCUT2D eigenvalue weighted by Gasteiger charge is 2.04. The van der Waals surface area contributed by atoms with E-state index in [9.17, 15) is 0 Å². The first kappa shape index (κ1) is 12.3. The van der Waals surface area contributed by atoms with Gasteiger partial charge in [-0.05, 0) is 34.9 Å². The van der Waals surface area contributed by atoms with Crippen molar-refractivity contribution in [2.24, 2.45) is 0 Å². The van der Waals surface area contributed by atoms with Gasteiger partial charge in [-0.15, -0.1) is 0 Å². The molecule has 0 bridgehead atoms. The molecule has 0 radical (unpaired) electrons. The van der Waals surface area contributed by atoms with Gasteiger partial charge in [0.1, 0.15) is 0 Å². The lowest BCUT2D eigenvalue weighted by Gasteiger charge is -2.06. The third-order valence-corrected chi connectivity index (χ3v) is 3.85. The third kappa shape index (κ3) is 2.96. The fraction of sp³-hybridized carbons (Fsp3) is 0.0769. The van der Waals surface area contributed by atoms with E-state index in [1.807, 2.05) is 12.1 Å². The molecule has 82 valence electrons. The van der Waals surface area contributed by atoms with E-state index < -0.39 is 0 Å². The molecule has 0 amide bonds. The van der Waals surface area contributed by atoms with Crippen molar-refractivity contribution >= 4 is 47.8 Å². The quantitative estimate of drug-likeness (QED) is 0.546. The first-order valence-corrected chi connectivity index (χ1v) is 7.43. The van der Waals surface area contributed by atoms with E-state index in [1.165, 1.54) is 16.7 Å². The summed E-state index contributed by atoms with van der Waals surface area (Å²) in [6.45, 7) is 0. The Bertz CT molecular complexity index is 492. The minimum Gasteiger partial charge on any atom is -0.0712 e. The molecule has 0 spiro atoms. The number of benzene rings is 2. The van der Waals surface area contributed by atoms with Crippen LogP contribution in [-0.4, -0.2) is 0 Å². The second-order valence-electron chi connectivity index (χ2n) is 3.44. The number of alkyl halides is 2. The molecule has 0 aliphatic carbocycles. The highest BCUT2D eigenvalue weighted by Crippen LogP contribution is 2.32. The van der Waals surface area contributed by atoms with E-state index in [-0.39, 0.29) is 3.74 Å². The summed E-state index contributed by atoms with van der Waals surface area (Å²) in [6.07, 6.45) is 0. The minimum atomic E-state index is 0.201. The average molecular weight is 405 g/mol. The van der Waals surface area contributed by atoms with E-state index in [1.54, 1.807) is 0 Å². The van der Waals surface area contributed by atoms with Gasteiger partial charge in [0.15, 0.2) is 0 Å². The van der Waals surface area contributed by atoms with Crippen molar-refractivity contribution in [3.63, 3.8) is 0 Å². The van der Waals surface area contributed by atoms with Gasteiger partial charge < -0.3 is 0 Å². The van der Waals surface area contributed by atoms with Crippen LogP contribution < -0.4 is 0 Å². The Kier molecular flexibility index (Phi) is 4.22. The van der Waals surface area contributed by atoms with E-state index in [4.69, 9.17) is 0 Å². The van der Waals surface area contributed by atoms with E-state index in [2.05, 4.69) is 84.2 Å². The largest absolute Gasteiger partial charge is 0.0946 e. The lowest BCUT2D eigenvalue weighted by Crippen LogP contribution is -1.83. The summed E-state index contributed by atoms with van der Waals surface area (Å²) in [7, 11) is 0. The Labute approximate surface area is 120 Å². The molecule has 0 unspecified atom stereocenters. The lowest BCUT2D eigenvalue weighted by atomic mass is 10.0. The molecule has 0 heterocycles. The molecule has 2 aromatic carbocycles. The molecule has 0 fully saturated rings. The summed E-state index contributed by atoms with van der Waals surface area (Å²) in [5.74, 6) is 0. The second kappa shape index (κ2) is 5.48. The SMILES string of the molecule is Brc1cccc(-c2cccc(C(Br)Br)c2)c1. The number of halogens is 3. The van der Waals surface area contributed by atoms with Crippen molar-refractivity contribution in [2.45, 2.75) is 3.74 Å². The Hall–Kier alpha value is -0.120. The van der Waals surface area contributed by atoms with Gasteiger partial charge in [0.2, 0.25) is 0 Å². The lowest BCUT2D eigenvalue weighted by molar-refractivity contribution is 1.42. The standard InChI is InChI=1S/C13H9Br3/c14-12-6-2-4-10(8-12)9-3-1-5-11(7-9)13(15)16/h1-8,13H. The van der Waals surface area contributed by atoms with Crippen molar-refractivity contribution in [2.75, 3.05) is 0 Å². The molecule has 0 N–H and O–H groups in total. The smallest absolute Gasteiger partial charge is 0.0712 e. The Morgan fingerprint density at radius 1 is 0.812 bits per heavy atom. The van der Waals surface area contributed by atoms with Crippen LogP contribution in [0.2, 0.25) is 0 Å². The van der Waals surface area contributed by atoms with Crippen molar-refractivity contribution in [1.29, 1.82) is 0 Å². The first-order chi connectivity index (χ1) is 7.66. The zero-order chi connectivity index (χ0) is 11.5. The predicted molar refractivity (Wildman–Crippen MR) is 80.2 cm³/mol. The highest BCUT2D eigenvalue weighted by atomic mass is 79.9. The maximum Gasteiger partial charge on any atom is 0.0946 e. The van der Waals surface area contributed by atoms with Gasteiger partial charge in [0.25, 0.3) is 0 Å². The third-order valence-electron chi connectivity index (χ3n) is 2.30. The van der Waals surface area contributed by atoms with Crippen LogP contribution in [0, 0.1) is 0 Å². The monoisotopic (exact) mass is 402 g/mol. The summed E-state index contributed by atoms with van der Waals surface area (Å²) >= 11 is 10.5. The number of hydrogen-bond donors (Lipinski definition) is 0. The van der Waals surface area contributed by atoms with Crippen LogP contribution >= 0.6 is 47.8 Å². The fourth-order valence-electron chi connectivity index (χ4n) is 1.52. The van der Waals surface area contributed by atoms with Crippen molar-refractivity contribution in [3.8, 4) is 11.1 Å². The van der Waals surface area contributed by atoms with Crippen molar-refractivity contribution in [1.82, 2.24) is 0 Å². The Morgan fingerprint density at radius 3 is 2.06 bits per heavy atom. The average Bonchev–Trinajstić information content (AvgIpc) is 2.29. The summed E-state index contributed by atoms with van der Waals surface area (Å²) in [5.41, 5.74) is 3.66. The summed E-state index contributed by atoms with van der Waals surface area (Å²) in [6, 6.07) is 16.8. The molecule has 0 nitrogen and oxygen atoms in total. The van der Waals surface area contributed by atoms with Gasteiger partial charge >= 0.3 is 0 Å². The molecule has 3 heteroatoms. The van der Waals surface area contributed by atoms with Crippen molar-refractivity contribution < 1.29 is 0 Å². The van der Waals surface area contributed by atoms with Gasteiger partial charge in [0.05, 0.1) is 3.74 Å². The molecule has 0 saturated heterocycles. The molecule has 0 saturated carbocycles. The van der Waals surface area contributed by atoms with E-state index in [0.29, 0.717) is 0 Å². The van der Waals surface area contributed by atoms with Gasteiger partial charge in [-0.1, -0.05) is 78.1 Å². The van der Waals surface area contributed by atoms with Gasteiger partial charge in [-0.2, -0.15) is 0 Å². The van der Waals surface area contributed by atoms with Crippen LogP contribution in [0.3, 0.4) is 0 Å². The normalized spacial score (nSPS) is 10.8. The van der Waals surface area contributed by atoms with Gasteiger partial charge in [0, 0.05) is 4.47 Å². The highest BCUT2D eigenvalue weighted by molar-refractivity contribution is 9.24. The number of rotatable bonds is 2. The van der Waals surface area contributed by atoms with E-state index in [0.717, 1.165) is 4.47 Å². The maximum absolute atomic E-state index is 3.51. The van der Waals surface area contributed by atoms with E-state index >= 15 is 0 Å². The first-order valence-electron chi connectivity index (χ1n) is 4.81. The zero-order valence-electron chi connectivity index (χ0n) is 8.33. The fourth-order valence-corrected chi connectivity index (χ4v) is 2.49. The molecule has 16 heavy (non-hydrogen) atoms. The van der Waals surface area contributed by atoms with Crippen LogP contribution in [0.4, 0.5) is 0 Å². The summed E-state index contributed by atoms with van der Waals surface area (Å²) < 4.78 is 1.30. The topological polar surface area (TPSA) is 0 Å². The summed E-state index contributed by atoms with van der Waals surface area (Å²) in [5, 5.41) is 0. The van der Waals surface area contributed by atoms with Crippen molar-refractivity contribution in [3.05, 3.63) is 58.6 Å². The van der Waals surface area contributed by atoms with Gasteiger partial charge in [-0.25, -0.2) is 0 Å². The molecule has 0 aliphatic rings. The predicted octanol–water partition coefficient (Wildman–Crippen LogP) is 5.90. The van der Waals surface area contributed by atoms with Crippen LogP contribution in [0.5, 0.6) is 0 Å². The van der Waals surface area contributed by atoms with Crippen LogP contribution in [-0.2, 0) is 0 Å². The maximum atomic E-state index is 3.51. The Morgan fingerprint density at radius 2 is 1.44 bits per heavy atom. The minimum absolute atomic E-state index is 0.201. The van der Waals surface area contributed by atoms with Gasteiger partial charge in [-0.3, -0.25) is 0 Å². The molecule has 0 aliphatic heterocycles. The molecule has 0 atom stereocenters. The second-order valence-corrected chi connectivity index (χ2v) is 7.41. The summed E-state index contributed by atoms with van der Waals surface area (Å²) in [4.78, 5) is 0. The van der Waals surface area contributed by atoms with Crippen LogP contribution in [0.1, 0.15) is 9.30 Å². The van der Waals surface area contributed by atoms with Crippen LogP contribution in [0.25, 0.3) is 11.1 Å². The van der Waals surface area contributed by atoms with Crippen LogP contribution in [0.15, 0.2) is 53.0 Å².